The first kappa shape index (κ1) is 16.2. The van der Waals surface area contributed by atoms with E-state index in [9.17, 15) is 14.4 Å². The van der Waals surface area contributed by atoms with Crippen molar-refractivity contribution in [3.8, 4) is 0 Å². The molecule has 23 heavy (non-hydrogen) atoms. The number of amides is 4. The topological polar surface area (TPSA) is 81.8 Å². The van der Waals surface area contributed by atoms with Crippen molar-refractivity contribution >= 4 is 17.8 Å². The van der Waals surface area contributed by atoms with E-state index in [0.29, 0.717) is 19.4 Å². The van der Waals surface area contributed by atoms with Crippen molar-refractivity contribution < 1.29 is 14.4 Å². The SMILES string of the molecule is CCCN(C(=O)CN1C(=O)NC2(CCCC2)C1=O)C1CCNC1. The summed E-state index contributed by atoms with van der Waals surface area (Å²) < 4.78 is 0. The maximum absolute atomic E-state index is 12.7. The maximum Gasteiger partial charge on any atom is 0.325 e. The highest BCUT2D eigenvalue weighted by Gasteiger charge is 2.53. The standard InChI is InChI=1S/C16H26N4O3/c1-2-9-19(12-5-8-17-10-12)13(21)11-20-14(22)16(18-15(20)23)6-3-4-7-16/h12,17H,2-11H2,1H3,(H,18,23). The van der Waals surface area contributed by atoms with Crippen molar-refractivity contribution in [3.63, 3.8) is 0 Å². The Kier molecular flexibility index (Phi) is 4.57. The van der Waals surface area contributed by atoms with Crippen LogP contribution in [0.25, 0.3) is 0 Å². The van der Waals surface area contributed by atoms with Crippen LogP contribution in [0, 0.1) is 0 Å². The van der Waals surface area contributed by atoms with Gasteiger partial charge in [0.05, 0.1) is 0 Å². The zero-order chi connectivity index (χ0) is 16.4. The molecule has 7 heteroatoms. The van der Waals surface area contributed by atoms with Crippen LogP contribution in [0.1, 0.15) is 45.4 Å². The van der Waals surface area contributed by atoms with E-state index in [0.717, 1.165) is 43.7 Å². The van der Waals surface area contributed by atoms with Gasteiger partial charge < -0.3 is 15.5 Å². The lowest BCUT2D eigenvalue weighted by Crippen LogP contribution is -2.49. The minimum absolute atomic E-state index is 0.126. The smallest absolute Gasteiger partial charge is 0.325 e. The Morgan fingerprint density at radius 1 is 1.35 bits per heavy atom. The van der Waals surface area contributed by atoms with Crippen LogP contribution in [-0.4, -0.2) is 65.4 Å². The third-order valence-electron chi connectivity index (χ3n) is 5.26. The highest BCUT2D eigenvalue weighted by atomic mass is 16.2. The van der Waals surface area contributed by atoms with Gasteiger partial charge in [0.25, 0.3) is 5.91 Å². The van der Waals surface area contributed by atoms with Gasteiger partial charge in [-0.3, -0.25) is 14.5 Å². The number of hydrogen-bond donors (Lipinski definition) is 2. The van der Waals surface area contributed by atoms with E-state index in [4.69, 9.17) is 0 Å². The second kappa shape index (κ2) is 6.47. The van der Waals surface area contributed by atoms with E-state index >= 15 is 0 Å². The third-order valence-corrected chi connectivity index (χ3v) is 5.26. The molecule has 0 radical (unpaired) electrons. The molecule has 2 aliphatic heterocycles. The molecular weight excluding hydrogens is 296 g/mol. The Hall–Kier alpha value is -1.63. The first-order chi connectivity index (χ1) is 11.1. The number of urea groups is 1. The Bertz CT molecular complexity index is 496. The van der Waals surface area contributed by atoms with E-state index in [-0.39, 0.29) is 24.4 Å². The molecule has 128 valence electrons. The van der Waals surface area contributed by atoms with Gasteiger partial charge in [-0.15, -0.1) is 0 Å². The molecule has 1 aliphatic carbocycles. The lowest BCUT2D eigenvalue weighted by molar-refractivity contribution is -0.140. The van der Waals surface area contributed by atoms with E-state index in [1.165, 1.54) is 0 Å². The second-order valence-corrected chi connectivity index (χ2v) is 6.84. The molecule has 1 saturated carbocycles. The predicted molar refractivity (Wildman–Crippen MR) is 84.7 cm³/mol. The molecule has 3 aliphatic rings. The van der Waals surface area contributed by atoms with Gasteiger partial charge in [-0.1, -0.05) is 19.8 Å². The summed E-state index contributed by atoms with van der Waals surface area (Å²) in [5, 5.41) is 6.09. The molecule has 7 nitrogen and oxygen atoms in total. The summed E-state index contributed by atoms with van der Waals surface area (Å²) in [4.78, 5) is 40.5. The number of imide groups is 1. The van der Waals surface area contributed by atoms with Gasteiger partial charge in [0.15, 0.2) is 0 Å². The normalized spacial score (nSPS) is 26.1. The van der Waals surface area contributed by atoms with Crippen molar-refractivity contribution in [2.75, 3.05) is 26.2 Å². The van der Waals surface area contributed by atoms with Crippen LogP contribution in [-0.2, 0) is 9.59 Å². The van der Waals surface area contributed by atoms with E-state index < -0.39 is 11.6 Å². The van der Waals surface area contributed by atoms with Gasteiger partial charge in [-0.2, -0.15) is 0 Å². The Labute approximate surface area is 136 Å². The molecular formula is C16H26N4O3. The average molecular weight is 322 g/mol. The van der Waals surface area contributed by atoms with Crippen LogP contribution in [0.3, 0.4) is 0 Å². The number of rotatable bonds is 5. The van der Waals surface area contributed by atoms with Gasteiger partial charge in [0, 0.05) is 19.1 Å². The van der Waals surface area contributed by atoms with Gasteiger partial charge in [-0.25, -0.2) is 4.79 Å². The number of hydrogen-bond acceptors (Lipinski definition) is 4. The average Bonchev–Trinajstić information content (AvgIpc) is 3.24. The minimum Gasteiger partial charge on any atom is -0.337 e. The van der Waals surface area contributed by atoms with Gasteiger partial charge >= 0.3 is 6.03 Å². The van der Waals surface area contributed by atoms with Gasteiger partial charge in [0.1, 0.15) is 12.1 Å². The summed E-state index contributed by atoms with van der Waals surface area (Å²) in [6.45, 7) is 4.26. The van der Waals surface area contributed by atoms with Crippen molar-refractivity contribution in [3.05, 3.63) is 0 Å². The maximum atomic E-state index is 12.7. The molecule has 2 N–H and O–H groups in total. The van der Waals surface area contributed by atoms with Gasteiger partial charge in [-0.05, 0) is 32.2 Å². The van der Waals surface area contributed by atoms with Crippen molar-refractivity contribution in [1.82, 2.24) is 20.4 Å². The Morgan fingerprint density at radius 2 is 2.09 bits per heavy atom. The lowest BCUT2D eigenvalue weighted by atomic mass is 9.98. The summed E-state index contributed by atoms with van der Waals surface area (Å²) in [5.74, 6) is -0.339. The monoisotopic (exact) mass is 322 g/mol. The summed E-state index contributed by atoms with van der Waals surface area (Å²) in [7, 11) is 0. The van der Waals surface area contributed by atoms with Crippen molar-refractivity contribution in [2.24, 2.45) is 0 Å². The molecule has 3 fully saturated rings. The minimum atomic E-state index is -0.734. The van der Waals surface area contributed by atoms with E-state index in [1.54, 1.807) is 0 Å². The highest BCUT2D eigenvalue weighted by molar-refractivity contribution is 6.09. The number of nitrogens with one attached hydrogen (secondary N) is 2. The Balaban J connectivity index is 1.68. The van der Waals surface area contributed by atoms with Crippen LogP contribution in [0.2, 0.25) is 0 Å². The molecule has 3 rings (SSSR count). The number of carbonyl (C=O) groups is 3. The summed E-state index contributed by atoms with van der Waals surface area (Å²) in [6.07, 6.45) is 5.07. The van der Waals surface area contributed by atoms with Crippen LogP contribution >= 0.6 is 0 Å². The molecule has 0 aromatic carbocycles. The molecule has 0 bridgehead atoms. The van der Waals surface area contributed by atoms with E-state index in [2.05, 4.69) is 10.6 Å². The summed E-state index contributed by atoms with van der Waals surface area (Å²) >= 11 is 0. The molecule has 0 aromatic rings. The van der Waals surface area contributed by atoms with Crippen LogP contribution < -0.4 is 10.6 Å². The summed E-state index contributed by atoms with van der Waals surface area (Å²) in [6, 6.07) is -0.241. The first-order valence-electron chi connectivity index (χ1n) is 8.72. The molecule has 2 saturated heterocycles. The van der Waals surface area contributed by atoms with E-state index in [1.807, 2.05) is 11.8 Å². The molecule has 1 unspecified atom stereocenters. The molecule has 1 spiro atoms. The van der Waals surface area contributed by atoms with Crippen molar-refractivity contribution in [2.45, 2.75) is 57.0 Å². The number of nitrogens with zero attached hydrogens (tertiary/aromatic N) is 2. The fourth-order valence-corrected chi connectivity index (χ4v) is 4.02. The summed E-state index contributed by atoms with van der Waals surface area (Å²) in [5.41, 5.74) is -0.734. The van der Waals surface area contributed by atoms with Crippen molar-refractivity contribution in [1.29, 1.82) is 0 Å². The molecule has 0 aromatic heterocycles. The predicted octanol–water partition coefficient (Wildman–Crippen LogP) is 0.452. The quantitative estimate of drug-likeness (QED) is 0.720. The largest absolute Gasteiger partial charge is 0.337 e. The van der Waals surface area contributed by atoms with Crippen LogP contribution in [0.15, 0.2) is 0 Å². The third kappa shape index (κ3) is 2.94. The lowest BCUT2D eigenvalue weighted by Gasteiger charge is -2.29. The zero-order valence-corrected chi connectivity index (χ0v) is 13.8. The van der Waals surface area contributed by atoms with Crippen LogP contribution in [0.4, 0.5) is 4.79 Å². The van der Waals surface area contributed by atoms with Gasteiger partial charge in [0.2, 0.25) is 5.91 Å². The fraction of sp³-hybridized carbons (Fsp3) is 0.812. The first-order valence-corrected chi connectivity index (χ1v) is 8.72. The zero-order valence-electron chi connectivity index (χ0n) is 13.8. The second-order valence-electron chi connectivity index (χ2n) is 6.84. The molecule has 4 amide bonds. The highest BCUT2D eigenvalue weighted by Crippen LogP contribution is 2.35. The number of carbonyl (C=O) groups excluding carboxylic acids is 3. The van der Waals surface area contributed by atoms with Crippen LogP contribution in [0.5, 0.6) is 0 Å². The molecule has 2 heterocycles. The molecule has 1 atom stereocenters. The fourth-order valence-electron chi connectivity index (χ4n) is 4.02. The Morgan fingerprint density at radius 3 is 2.70 bits per heavy atom.